The molecule has 6 nitrogen and oxygen atoms in total. The summed E-state index contributed by atoms with van der Waals surface area (Å²) in [6.07, 6.45) is 3.37. The maximum Gasteiger partial charge on any atom is 2.00 e. The second-order valence-electron chi connectivity index (χ2n) is 5.49. The van der Waals surface area contributed by atoms with E-state index in [1.165, 1.54) is 6.20 Å². The molecule has 0 saturated heterocycles. The average molecular weight is 577 g/mol. The first-order valence-electron chi connectivity index (χ1n) is 8.05. The van der Waals surface area contributed by atoms with Crippen molar-refractivity contribution in [3.63, 3.8) is 0 Å². The molecule has 29 heavy (non-hydrogen) atoms. The van der Waals surface area contributed by atoms with Gasteiger partial charge in [0.1, 0.15) is 5.69 Å². The number of hydrogen-bond acceptors (Lipinski definition) is 5. The van der Waals surface area contributed by atoms with Crippen LogP contribution in [0.25, 0.3) is 22.6 Å². The van der Waals surface area contributed by atoms with Crippen LogP contribution in [-0.4, -0.2) is 25.0 Å². The van der Waals surface area contributed by atoms with E-state index in [9.17, 15) is 13.2 Å². The van der Waals surface area contributed by atoms with E-state index in [4.69, 9.17) is 0 Å². The summed E-state index contributed by atoms with van der Waals surface area (Å²) >= 11 is 0. The van der Waals surface area contributed by atoms with Gasteiger partial charge in [-0.1, -0.05) is 35.7 Å². The van der Waals surface area contributed by atoms with Gasteiger partial charge in [-0.25, -0.2) is 0 Å². The summed E-state index contributed by atoms with van der Waals surface area (Å²) in [5.41, 5.74) is 1.18. The Hall–Kier alpha value is -2.93. The first-order valence-corrected chi connectivity index (χ1v) is 8.05. The molecule has 0 spiro atoms. The molecule has 150 valence electrons. The third-order valence-electron chi connectivity index (χ3n) is 3.42. The van der Waals surface area contributed by atoms with E-state index in [-0.39, 0.29) is 26.8 Å². The van der Waals surface area contributed by atoms with Crippen LogP contribution in [0, 0.1) is 13.1 Å². The van der Waals surface area contributed by atoms with Crippen LogP contribution in [0.2, 0.25) is 0 Å². The number of nitrogens with zero attached hydrogens (tertiary/aromatic N) is 6. The van der Waals surface area contributed by atoms with Gasteiger partial charge >= 0.3 is 27.2 Å². The normalized spacial score (nSPS) is 10.5. The molecule has 0 radical (unpaired) electrons. The standard InChI is InChI=1S/C10H8N3.C9H5F3N3.Pt/c1-8-12-6-9(7-13-8)10-4-2-3-5-11-10;10-9(11,12)8-5-7(14-15-8)6-3-1-2-4-13-6;/h2-6H,1H3;1-5H;/q2*-1;+2. The minimum Gasteiger partial charge on any atom is -0.573 e. The van der Waals surface area contributed by atoms with E-state index in [2.05, 4.69) is 36.3 Å². The first-order chi connectivity index (χ1) is 13.4. The van der Waals surface area contributed by atoms with Crippen LogP contribution in [0.3, 0.4) is 0 Å². The summed E-state index contributed by atoms with van der Waals surface area (Å²) in [5, 5.41) is 6.47. The summed E-state index contributed by atoms with van der Waals surface area (Å²) in [6, 6.07) is 11.5. The summed E-state index contributed by atoms with van der Waals surface area (Å²) in [6.45, 7) is 1.83. The molecular weight excluding hydrogens is 564 g/mol. The van der Waals surface area contributed by atoms with Gasteiger partial charge in [0.05, 0.1) is 0 Å². The van der Waals surface area contributed by atoms with Crippen molar-refractivity contribution in [2.75, 3.05) is 0 Å². The Bertz CT molecular complexity index is 1010. The molecule has 4 aromatic heterocycles. The van der Waals surface area contributed by atoms with E-state index in [1.807, 2.05) is 25.1 Å². The molecule has 0 amide bonds. The molecule has 0 aromatic carbocycles. The quantitative estimate of drug-likeness (QED) is 0.338. The fourth-order valence-corrected chi connectivity index (χ4v) is 2.08. The zero-order chi connectivity index (χ0) is 20.0. The van der Waals surface area contributed by atoms with Crippen LogP contribution in [0.4, 0.5) is 13.2 Å². The number of hydrogen-bond donors (Lipinski definition) is 0. The van der Waals surface area contributed by atoms with Gasteiger partial charge in [0.2, 0.25) is 0 Å². The van der Waals surface area contributed by atoms with Crippen molar-refractivity contribution >= 4 is 0 Å². The fourth-order valence-electron chi connectivity index (χ4n) is 2.08. The molecule has 0 atom stereocenters. The molecule has 4 heterocycles. The number of aromatic nitrogens is 6. The molecule has 0 aliphatic heterocycles. The van der Waals surface area contributed by atoms with Crippen molar-refractivity contribution in [3.05, 3.63) is 78.8 Å². The summed E-state index contributed by atoms with van der Waals surface area (Å²) < 4.78 is 36.6. The molecule has 10 heteroatoms. The smallest absolute Gasteiger partial charge is 0.573 e. The second-order valence-corrected chi connectivity index (χ2v) is 5.49. The third-order valence-corrected chi connectivity index (χ3v) is 3.42. The van der Waals surface area contributed by atoms with Crippen molar-refractivity contribution < 1.29 is 34.2 Å². The van der Waals surface area contributed by atoms with E-state index < -0.39 is 11.9 Å². The number of pyridine rings is 2. The Balaban J connectivity index is 0.000000202. The molecule has 0 bridgehead atoms. The minimum absolute atomic E-state index is 0. The molecule has 0 aliphatic rings. The van der Waals surface area contributed by atoms with E-state index in [0.29, 0.717) is 5.69 Å². The minimum atomic E-state index is -4.46. The number of halogens is 3. The maximum atomic E-state index is 12.2. The van der Waals surface area contributed by atoms with Crippen molar-refractivity contribution in [2.24, 2.45) is 0 Å². The molecule has 0 N–H and O–H groups in total. The zero-order valence-corrected chi connectivity index (χ0v) is 17.2. The van der Waals surface area contributed by atoms with Gasteiger partial charge < -0.3 is 25.1 Å². The van der Waals surface area contributed by atoms with Gasteiger partial charge in [0, 0.05) is 23.9 Å². The molecule has 0 saturated carbocycles. The van der Waals surface area contributed by atoms with E-state index in [1.54, 1.807) is 30.6 Å². The maximum absolute atomic E-state index is 12.2. The van der Waals surface area contributed by atoms with Crippen LogP contribution in [0.1, 0.15) is 11.5 Å². The predicted molar refractivity (Wildman–Crippen MR) is 94.6 cm³/mol. The van der Waals surface area contributed by atoms with Gasteiger partial charge in [-0.05, 0) is 43.1 Å². The van der Waals surface area contributed by atoms with E-state index >= 15 is 0 Å². The molecule has 4 rings (SSSR count). The van der Waals surface area contributed by atoms with Crippen LogP contribution in [0.5, 0.6) is 0 Å². The monoisotopic (exact) mass is 577 g/mol. The Labute approximate surface area is 178 Å². The molecule has 0 aliphatic carbocycles. The molecule has 0 unspecified atom stereocenters. The third kappa shape index (κ3) is 6.29. The Morgan fingerprint density at radius 1 is 0.931 bits per heavy atom. The van der Waals surface area contributed by atoms with Crippen molar-refractivity contribution in [1.82, 2.24) is 30.1 Å². The summed E-state index contributed by atoms with van der Waals surface area (Å²) in [7, 11) is 0. The van der Waals surface area contributed by atoms with Crippen molar-refractivity contribution in [1.29, 1.82) is 0 Å². The van der Waals surface area contributed by atoms with Gasteiger partial charge in [-0.15, -0.1) is 0 Å². The SMILES string of the molecule is Cc1n[c-]c(-c2ccccn2)cn1.FC(F)(F)c1cc(-c2ccccn2)[n-]n1.[Pt+2]. The van der Waals surface area contributed by atoms with Gasteiger partial charge in [-0.2, -0.15) is 13.2 Å². The first kappa shape index (κ1) is 22.4. The number of rotatable bonds is 2. The van der Waals surface area contributed by atoms with Crippen LogP contribution < -0.4 is 5.10 Å². The van der Waals surface area contributed by atoms with Gasteiger partial charge in [-0.3, -0.25) is 4.98 Å². The summed E-state index contributed by atoms with van der Waals surface area (Å²) in [5.74, 6) is 0.722. The van der Waals surface area contributed by atoms with E-state index in [0.717, 1.165) is 23.1 Å². The van der Waals surface area contributed by atoms with Crippen molar-refractivity contribution in [3.8, 4) is 22.6 Å². The number of aryl methyl sites for hydroxylation is 1. The molecular formula is C19H13F3N6Pt. The Morgan fingerprint density at radius 3 is 2.07 bits per heavy atom. The van der Waals surface area contributed by atoms with Gasteiger partial charge in [0.15, 0.2) is 0 Å². The predicted octanol–water partition coefficient (Wildman–Crippen LogP) is 3.76. The topological polar surface area (TPSA) is 78.5 Å². The zero-order valence-electron chi connectivity index (χ0n) is 14.9. The van der Waals surface area contributed by atoms with Crippen molar-refractivity contribution in [2.45, 2.75) is 13.1 Å². The van der Waals surface area contributed by atoms with Gasteiger partial charge in [0.25, 0.3) is 0 Å². The Morgan fingerprint density at radius 2 is 1.59 bits per heavy atom. The second kappa shape index (κ2) is 10.0. The number of alkyl halides is 3. The molecule has 4 aromatic rings. The average Bonchev–Trinajstić information content (AvgIpc) is 3.21. The van der Waals surface area contributed by atoms with Crippen LogP contribution in [-0.2, 0) is 27.2 Å². The van der Waals surface area contributed by atoms with Crippen LogP contribution in [0.15, 0.2) is 61.1 Å². The van der Waals surface area contributed by atoms with Crippen LogP contribution >= 0.6 is 0 Å². The fraction of sp³-hybridized carbons (Fsp3) is 0.105. The molecule has 0 fully saturated rings. The Kier molecular flexibility index (Phi) is 7.73. The largest absolute Gasteiger partial charge is 2.00 e. The summed E-state index contributed by atoms with van der Waals surface area (Å²) in [4.78, 5) is 16.1.